The summed E-state index contributed by atoms with van der Waals surface area (Å²) < 4.78 is 73.1. The average Bonchev–Trinajstić information content (AvgIpc) is 0.818. The number of rotatable bonds is 7. The van der Waals surface area contributed by atoms with Gasteiger partial charge in [-0.15, -0.1) is 0 Å². The summed E-state index contributed by atoms with van der Waals surface area (Å²) in [5.41, 5.74) is 29.6. The number of hydrogen-bond acceptors (Lipinski definition) is 7. The third kappa shape index (κ3) is 29.7. The number of methoxy groups -OCH3 is 1. The number of nitrogens with zero attached hydrogens (tertiary/aromatic N) is 6. The molecule has 0 radical (unpaired) electrons. The van der Waals surface area contributed by atoms with Crippen molar-refractivity contribution in [2.75, 3.05) is 7.11 Å². The first kappa shape index (κ1) is 115. The monoisotopic (exact) mass is 2480 g/mol. The number of aryl methyl sites for hydroxylation is 13. The summed E-state index contributed by atoms with van der Waals surface area (Å²) in [5.74, 6) is 7.19. The SMILES string of the molecule is CC(C)(C)[CH]=[Mo]=[N]C12CC3CC(CC(C3)C1)C2.CC(C)(C)[CH]=[Mo]=[N]C12CC3CC(CC(C3)C1)C2.COc1c(Br)cc2c(c1-c1c(O)c(Br)cc3c1CCCC3)CCCC2.Cc1c(Br)cc2ccccc2c1-c1c(O)c(Br)cc2ccccc12.Cc1cc2c(c(-c3c(O)c(C(F)(F)F)cc4c3CCCC4)c1C)CCCC2.Cc1ccc(C)[n-]1.Cc1ccc(C)[n-]1.Cc1ccc(C)[n-]1.Cc1cccc(C)c1[N]=[Mo]=[CH]C(C)(C)C. The first-order chi connectivity index (χ1) is 69.1. The van der Waals surface area contributed by atoms with Crippen LogP contribution >= 0.6 is 63.7 Å². The minimum atomic E-state index is -4.55. The van der Waals surface area contributed by atoms with Crippen LogP contribution in [-0.2, 0) is 111 Å². The molecule has 146 heavy (non-hydrogen) atoms. The molecule has 9 aromatic carbocycles. The van der Waals surface area contributed by atoms with Crippen LogP contribution in [0.15, 0.2) is 168 Å². The van der Waals surface area contributed by atoms with Crippen molar-refractivity contribution in [3.8, 4) is 56.4 Å². The van der Waals surface area contributed by atoms with E-state index >= 15 is 0 Å². The van der Waals surface area contributed by atoms with Crippen LogP contribution in [0, 0.1) is 128 Å². The summed E-state index contributed by atoms with van der Waals surface area (Å²) in [6.07, 6.45) is 29.7. The van der Waals surface area contributed by atoms with Gasteiger partial charge >= 0.3 is 335 Å². The van der Waals surface area contributed by atoms with Crippen molar-refractivity contribution in [1.29, 1.82) is 0 Å². The molecule has 8 saturated carbocycles. The molecule has 0 unspecified atom stereocenters. The maximum atomic E-state index is 13.7. The molecule has 10 nitrogen and oxygen atoms in total. The molecule has 8 fully saturated rings. The zero-order valence-electron chi connectivity index (χ0n) is 90.1. The molecule has 8 bridgehead atoms. The van der Waals surface area contributed by atoms with E-state index in [1.165, 1.54) is 153 Å². The number of phenols is 3. The van der Waals surface area contributed by atoms with Gasteiger partial charge in [-0.3, -0.25) is 0 Å². The van der Waals surface area contributed by atoms with E-state index in [4.69, 9.17) is 15.2 Å². The second-order valence-corrected chi connectivity index (χ2v) is 54.8. The standard InChI is InChI=1S/C23H25F3O.C21H22Br2O2.C21H14Br2O.2C10H15N.C8H9N.3C6H8N.3C5H10.3Mo/c1-13-11-15-7-3-5-9-17(15)20(14(13)2)21-18-10-6-4-8-16(18)12-19(22(21)27)23(24,25)26;1-25-21-17(23)11-13-7-3-5-9-15(13)19(21)18-14-8-4-2-6-12(14)10-16(22)20(18)24;1-12-17(22)10-13-6-2-4-8-15(13)19(12)20-16-9-5-3-7-14(16)11-18(23)21(20)24;2*11-10-4-7-1-8(5-10)3-9(2-7)6-10;1-6-4-3-5-7(2)8(6)9;3*1-5-3-4-6(2)7-5;3*1-5(2,3)4;;;/h11-12,27H,3-10H2,1-2H3;10-11,24H,2-9H2,1H3;2-11,24H,1H3;2*7-9H,1-6H2;3-5H,1-2H3;3*3-4H,1-2H3;3*1H,2-4H3;;;/q;;;;;;3*-1;;;;;;. The Balaban J connectivity index is 0.000000134. The second-order valence-electron chi connectivity index (χ2n) is 46.7. The van der Waals surface area contributed by atoms with Crippen molar-refractivity contribution in [3.05, 3.63) is 269 Å². The van der Waals surface area contributed by atoms with Crippen molar-refractivity contribution in [1.82, 2.24) is 15.0 Å². The Morgan fingerprint density at radius 1 is 0.349 bits per heavy atom. The molecular formula is C126H154Br4F3Mo3N6O4-3. The van der Waals surface area contributed by atoms with E-state index in [1.807, 2.05) is 122 Å². The van der Waals surface area contributed by atoms with Crippen LogP contribution in [0.1, 0.15) is 303 Å². The molecule has 0 amide bonds. The number of fused-ring (bicyclic) bond motifs is 6. The Labute approximate surface area is 927 Å². The number of benzene rings is 9. The molecular weight excluding hydrogens is 2330 g/mol. The predicted molar refractivity (Wildman–Crippen MR) is 608 cm³/mol. The van der Waals surface area contributed by atoms with Crippen molar-refractivity contribution < 1.29 is 87.0 Å². The third-order valence-corrected chi connectivity index (χ3v) is 42.2. The number of hydrogen-bond donors (Lipinski definition) is 3. The van der Waals surface area contributed by atoms with E-state index in [0.29, 0.717) is 49.5 Å². The van der Waals surface area contributed by atoms with Gasteiger partial charge in [-0.05, 0) is 295 Å². The molecule has 3 N–H and O–H groups in total. The minimum absolute atomic E-state index is 0.214. The normalized spacial score (nSPS) is 20.4. The molecule has 0 atom stereocenters. The molecule has 3 aromatic heterocycles. The van der Waals surface area contributed by atoms with E-state index in [-0.39, 0.29) is 59.5 Å². The number of ether oxygens (including phenoxy) is 1. The van der Waals surface area contributed by atoms with Crippen molar-refractivity contribution in [2.24, 2.45) is 62.2 Å². The Morgan fingerprint density at radius 2 is 0.678 bits per heavy atom. The van der Waals surface area contributed by atoms with Crippen LogP contribution in [0.4, 0.5) is 18.9 Å². The van der Waals surface area contributed by atoms with E-state index in [2.05, 4.69) is 242 Å². The maximum absolute atomic E-state index is 13.7. The molecule has 12 aliphatic carbocycles. The average molecular weight is 2480 g/mol. The zero-order valence-corrected chi connectivity index (χ0v) is 102. The van der Waals surface area contributed by atoms with Gasteiger partial charge in [0.1, 0.15) is 23.0 Å². The van der Waals surface area contributed by atoms with Crippen molar-refractivity contribution in [3.63, 3.8) is 0 Å². The molecule has 24 rings (SSSR count). The zero-order chi connectivity index (χ0) is 105. The fourth-order valence-electron chi connectivity index (χ4n) is 24.5. The third-order valence-electron chi connectivity index (χ3n) is 30.5. The van der Waals surface area contributed by atoms with E-state index in [1.54, 1.807) is 7.11 Å². The summed E-state index contributed by atoms with van der Waals surface area (Å²) in [7, 11) is 1.72. The van der Waals surface area contributed by atoms with Gasteiger partial charge in [0.05, 0.1) is 26.1 Å². The fourth-order valence-corrected chi connectivity index (χ4v) is 32.4. The van der Waals surface area contributed by atoms with Crippen LogP contribution in [0.3, 0.4) is 0 Å². The van der Waals surface area contributed by atoms with Gasteiger partial charge in [-0.25, -0.2) is 0 Å². The van der Waals surface area contributed by atoms with Gasteiger partial charge in [0, 0.05) is 26.7 Å². The van der Waals surface area contributed by atoms with Gasteiger partial charge in [0.25, 0.3) is 0 Å². The number of aromatic nitrogens is 3. The van der Waals surface area contributed by atoms with Gasteiger partial charge in [-0.1, -0.05) is 148 Å². The van der Waals surface area contributed by atoms with Gasteiger partial charge in [0.15, 0.2) is 0 Å². The van der Waals surface area contributed by atoms with Crippen molar-refractivity contribution in [2.45, 2.75) is 336 Å². The summed E-state index contributed by atoms with van der Waals surface area (Å²) in [6.45, 7) is 42.9. The first-order valence-electron chi connectivity index (χ1n) is 53.1. The molecule has 3 heterocycles. The number of alkyl halides is 3. The molecule has 0 aliphatic heterocycles. The van der Waals surface area contributed by atoms with Crippen LogP contribution in [0.25, 0.3) is 54.9 Å². The molecule has 12 aromatic rings. The summed E-state index contributed by atoms with van der Waals surface area (Å²) in [5, 5.41) is 37.1. The van der Waals surface area contributed by atoms with Gasteiger partial charge in [-0.2, -0.15) is 47.3 Å². The van der Waals surface area contributed by atoms with Gasteiger partial charge in [0.2, 0.25) is 0 Å². The molecule has 12 aliphatic rings. The Bertz CT molecular complexity index is 6500. The van der Waals surface area contributed by atoms with E-state index in [9.17, 15) is 28.5 Å². The molecule has 20 heteroatoms. The van der Waals surface area contributed by atoms with Crippen LogP contribution in [-0.4, -0.2) is 46.7 Å². The van der Waals surface area contributed by atoms with Crippen LogP contribution < -0.4 is 19.7 Å². The van der Waals surface area contributed by atoms with Gasteiger partial charge < -0.3 is 35.0 Å². The summed E-state index contributed by atoms with van der Waals surface area (Å²) in [6, 6.07) is 46.6. The number of halogens is 7. The van der Waals surface area contributed by atoms with E-state index in [0.717, 1.165) is 242 Å². The molecule has 782 valence electrons. The molecule has 0 saturated heterocycles. The number of phenolic OH excluding ortho intramolecular Hbond substituents is 3. The number of aromatic hydroxyl groups is 3. The first-order valence-corrected chi connectivity index (χ1v) is 62.5. The predicted octanol–water partition coefficient (Wildman–Crippen LogP) is 36.0. The Kier molecular flexibility index (Phi) is 39.4. The quantitative estimate of drug-likeness (QED) is 0.135. The molecule has 0 spiro atoms. The Hall–Kier alpha value is -6.68. The fraction of sp³-hybridized carbons (Fsp3) is 0.484. The summed E-state index contributed by atoms with van der Waals surface area (Å²) in [4.78, 5) is 12.3. The van der Waals surface area contributed by atoms with Crippen molar-refractivity contribution >= 4 is 104 Å². The summed E-state index contributed by atoms with van der Waals surface area (Å²) >= 11 is 13.7. The second kappa shape index (κ2) is 50.0. The topological polar surface area (TPSA) is 149 Å². The Morgan fingerprint density at radius 3 is 1.06 bits per heavy atom. The van der Waals surface area contributed by atoms with Crippen LogP contribution in [0.5, 0.6) is 23.0 Å². The van der Waals surface area contributed by atoms with E-state index < -0.39 is 17.5 Å². The van der Waals surface area contributed by atoms with Crippen LogP contribution in [0.2, 0.25) is 0 Å².